The van der Waals surface area contributed by atoms with Crippen molar-refractivity contribution in [3.05, 3.63) is 29.8 Å². The van der Waals surface area contributed by atoms with Crippen molar-refractivity contribution >= 4 is 17.6 Å². The van der Waals surface area contributed by atoms with Gasteiger partial charge in [0.15, 0.2) is 0 Å². The molecule has 2 aliphatic rings. The molecule has 1 aromatic rings. The van der Waals surface area contributed by atoms with E-state index in [0.29, 0.717) is 13.0 Å². The lowest BCUT2D eigenvalue weighted by molar-refractivity contribution is -0.139. The van der Waals surface area contributed by atoms with Gasteiger partial charge in [-0.3, -0.25) is 9.59 Å². The fourth-order valence-corrected chi connectivity index (χ4v) is 3.13. The molecule has 5 heteroatoms. The van der Waals surface area contributed by atoms with Crippen molar-refractivity contribution in [1.82, 2.24) is 5.32 Å². The van der Waals surface area contributed by atoms with E-state index in [-0.39, 0.29) is 11.9 Å². The van der Waals surface area contributed by atoms with Crippen LogP contribution in [0.2, 0.25) is 0 Å². The van der Waals surface area contributed by atoms with Gasteiger partial charge in [-0.1, -0.05) is 18.2 Å². The number of rotatable bonds is 2. The van der Waals surface area contributed by atoms with Gasteiger partial charge in [0.2, 0.25) is 5.91 Å². The Morgan fingerprint density at radius 3 is 2.75 bits per heavy atom. The Kier molecular flexibility index (Phi) is 3.44. The van der Waals surface area contributed by atoms with Crippen LogP contribution in [0, 0.1) is 0 Å². The molecule has 5 nitrogen and oxygen atoms in total. The van der Waals surface area contributed by atoms with Gasteiger partial charge in [-0.2, -0.15) is 0 Å². The summed E-state index contributed by atoms with van der Waals surface area (Å²) in [5.41, 5.74) is 1.50. The second kappa shape index (κ2) is 5.25. The number of carbonyl (C=O) groups is 2. The fraction of sp³-hybridized carbons (Fsp3) is 0.467. The number of anilines is 1. The third-order valence-corrected chi connectivity index (χ3v) is 4.17. The van der Waals surface area contributed by atoms with E-state index < -0.39 is 11.9 Å². The lowest BCUT2D eigenvalue weighted by Crippen LogP contribution is -2.46. The fourth-order valence-electron chi connectivity index (χ4n) is 3.13. The Hall–Kier alpha value is -1.88. The molecule has 0 aliphatic carbocycles. The van der Waals surface area contributed by atoms with Crippen LogP contribution in [-0.2, 0) is 9.59 Å². The molecule has 0 radical (unpaired) electrons. The molecule has 20 heavy (non-hydrogen) atoms. The summed E-state index contributed by atoms with van der Waals surface area (Å²) in [5.74, 6) is -1.26. The van der Waals surface area contributed by atoms with Crippen LogP contribution in [0.3, 0.4) is 0 Å². The van der Waals surface area contributed by atoms with Gasteiger partial charge in [0.25, 0.3) is 0 Å². The molecule has 2 atom stereocenters. The van der Waals surface area contributed by atoms with E-state index in [1.54, 1.807) is 4.90 Å². The van der Waals surface area contributed by atoms with Crippen molar-refractivity contribution < 1.29 is 14.7 Å². The number of carboxylic acids is 1. The molecule has 106 valence electrons. The first-order valence-electron chi connectivity index (χ1n) is 7.05. The molecule has 0 spiro atoms. The number of benzene rings is 1. The molecular formula is C15H18N2O3. The Bertz CT molecular complexity index is 538. The summed E-state index contributed by atoms with van der Waals surface area (Å²) >= 11 is 0. The Morgan fingerprint density at radius 1 is 1.25 bits per heavy atom. The highest BCUT2D eigenvalue weighted by molar-refractivity contribution is 5.99. The molecule has 2 heterocycles. The van der Waals surface area contributed by atoms with E-state index in [9.17, 15) is 14.7 Å². The maximum Gasteiger partial charge on any atom is 0.311 e. The predicted molar refractivity (Wildman–Crippen MR) is 74.8 cm³/mol. The monoisotopic (exact) mass is 274 g/mol. The summed E-state index contributed by atoms with van der Waals surface area (Å²) in [6.07, 6.45) is 2.36. The van der Waals surface area contributed by atoms with E-state index in [4.69, 9.17) is 0 Å². The summed E-state index contributed by atoms with van der Waals surface area (Å²) in [7, 11) is 0. The highest BCUT2D eigenvalue weighted by Gasteiger charge is 2.35. The van der Waals surface area contributed by atoms with Gasteiger partial charge in [0, 0.05) is 12.2 Å². The van der Waals surface area contributed by atoms with Crippen LogP contribution in [0.25, 0.3) is 0 Å². The SMILES string of the molecule is O=C(O)C1CCN(C(=O)C2CCCN2)c2ccccc21. The first-order valence-corrected chi connectivity index (χ1v) is 7.05. The van der Waals surface area contributed by atoms with Crippen molar-refractivity contribution in [2.24, 2.45) is 0 Å². The number of amides is 1. The molecule has 2 aliphatic heterocycles. The Labute approximate surface area is 117 Å². The van der Waals surface area contributed by atoms with Gasteiger partial charge in [0.1, 0.15) is 0 Å². The average molecular weight is 274 g/mol. The molecular weight excluding hydrogens is 256 g/mol. The normalized spacial score (nSPS) is 25.3. The zero-order valence-electron chi connectivity index (χ0n) is 11.2. The second-order valence-corrected chi connectivity index (χ2v) is 5.38. The van der Waals surface area contributed by atoms with Gasteiger partial charge in [0.05, 0.1) is 12.0 Å². The van der Waals surface area contributed by atoms with Crippen molar-refractivity contribution in [3.8, 4) is 0 Å². The van der Waals surface area contributed by atoms with E-state index in [1.165, 1.54) is 0 Å². The van der Waals surface area contributed by atoms with Gasteiger partial charge in [-0.25, -0.2) is 0 Å². The summed E-state index contributed by atoms with van der Waals surface area (Å²) < 4.78 is 0. The summed E-state index contributed by atoms with van der Waals surface area (Å²) in [6, 6.07) is 7.22. The van der Waals surface area contributed by atoms with E-state index in [0.717, 1.165) is 30.6 Å². The van der Waals surface area contributed by atoms with Crippen LogP contribution >= 0.6 is 0 Å². The summed E-state index contributed by atoms with van der Waals surface area (Å²) in [5, 5.41) is 12.5. The number of carbonyl (C=O) groups excluding carboxylic acids is 1. The molecule has 0 aromatic heterocycles. The van der Waals surface area contributed by atoms with Crippen LogP contribution in [0.15, 0.2) is 24.3 Å². The standard InChI is InChI=1S/C15H18N2O3/c18-14(12-5-3-8-16-12)17-9-7-11(15(19)20)10-4-1-2-6-13(10)17/h1-2,4,6,11-12,16H,3,5,7-9H2,(H,19,20). The van der Waals surface area contributed by atoms with Crippen molar-refractivity contribution in [2.45, 2.75) is 31.2 Å². The molecule has 2 N–H and O–H groups in total. The van der Waals surface area contributed by atoms with Crippen LogP contribution < -0.4 is 10.2 Å². The number of hydrogen-bond donors (Lipinski definition) is 2. The van der Waals surface area contributed by atoms with Crippen molar-refractivity contribution in [1.29, 1.82) is 0 Å². The minimum absolute atomic E-state index is 0.0683. The minimum Gasteiger partial charge on any atom is -0.481 e. The lowest BCUT2D eigenvalue weighted by Gasteiger charge is -2.34. The Morgan fingerprint density at radius 2 is 2.05 bits per heavy atom. The first-order chi connectivity index (χ1) is 9.68. The van der Waals surface area contributed by atoms with E-state index in [2.05, 4.69) is 5.32 Å². The average Bonchev–Trinajstić information content (AvgIpc) is 2.99. The Balaban J connectivity index is 1.92. The topological polar surface area (TPSA) is 69.6 Å². The van der Waals surface area contributed by atoms with Gasteiger partial charge in [-0.05, 0) is 37.4 Å². The van der Waals surface area contributed by atoms with Crippen molar-refractivity contribution in [3.63, 3.8) is 0 Å². The molecule has 1 amide bonds. The molecule has 0 saturated carbocycles. The third-order valence-electron chi connectivity index (χ3n) is 4.17. The molecule has 1 aromatic carbocycles. The van der Waals surface area contributed by atoms with Crippen LogP contribution in [0.5, 0.6) is 0 Å². The number of nitrogens with one attached hydrogen (secondary N) is 1. The smallest absolute Gasteiger partial charge is 0.311 e. The second-order valence-electron chi connectivity index (χ2n) is 5.38. The number of carboxylic acid groups (broad SMARTS) is 1. The van der Waals surface area contributed by atoms with E-state index in [1.807, 2.05) is 24.3 Å². The number of para-hydroxylation sites is 1. The maximum atomic E-state index is 12.6. The minimum atomic E-state index is -0.816. The van der Waals surface area contributed by atoms with Crippen LogP contribution in [0.4, 0.5) is 5.69 Å². The number of nitrogens with zero attached hydrogens (tertiary/aromatic N) is 1. The number of aliphatic carboxylic acids is 1. The quantitative estimate of drug-likeness (QED) is 0.854. The van der Waals surface area contributed by atoms with Gasteiger partial charge >= 0.3 is 5.97 Å². The molecule has 2 unspecified atom stereocenters. The molecule has 1 saturated heterocycles. The molecule has 0 bridgehead atoms. The summed E-state index contributed by atoms with van der Waals surface area (Å²) in [6.45, 7) is 1.36. The third kappa shape index (κ3) is 2.18. The van der Waals surface area contributed by atoms with Crippen LogP contribution in [-0.4, -0.2) is 36.1 Å². The zero-order valence-corrected chi connectivity index (χ0v) is 11.2. The van der Waals surface area contributed by atoms with E-state index >= 15 is 0 Å². The van der Waals surface area contributed by atoms with Gasteiger partial charge < -0.3 is 15.3 Å². The first kappa shape index (κ1) is 13.1. The summed E-state index contributed by atoms with van der Waals surface area (Å²) in [4.78, 5) is 25.6. The largest absolute Gasteiger partial charge is 0.481 e. The number of hydrogen-bond acceptors (Lipinski definition) is 3. The zero-order chi connectivity index (χ0) is 14.1. The highest BCUT2D eigenvalue weighted by atomic mass is 16.4. The molecule has 3 rings (SSSR count). The maximum absolute atomic E-state index is 12.6. The number of fused-ring (bicyclic) bond motifs is 1. The van der Waals surface area contributed by atoms with Crippen LogP contribution in [0.1, 0.15) is 30.7 Å². The lowest BCUT2D eigenvalue weighted by atomic mass is 9.89. The molecule has 1 fully saturated rings. The highest BCUT2D eigenvalue weighted by Crippen LogP contribution is 2.35. The van der Waals surface area contributed by atoms with Crippen molar-refractivity contribution in [2.75, 3.05) is 18.0 Å². The van der Waals surface area contributed by atoms with Gasteiger partial charge in [-0.15, -0.1) is 0 Å². The predicted octanol–water partition coefficient (Wildman–Crippen LogP) is 1.34.